The number of aromatic nitrogens is 2. The molecular weight excluding hydrogens is 334 g/mol. The number of halogens is 1. The molecule has 25 heavy (non-hydrogen) atoms. The van der Waals surface area contributed by atoms with Crippen molar-refractivity contribution in [3.05, 3.63) is 65.4 Å². The number of aryl methyl sites for hydroxylation is 1. The normalized spacial score (nSPS) is 15.7. The fourth-order valence-electron chi connectivity index (χ4n) is 3.52. The van der Waals surface area contributed by atoms with Crippen molar-refractivity contribution < 1.29 is 4.79 Å². The van der Waals surface area contributed by atoms with Crippen LogP contribution in [0.3, 0.4) is 0 Å². The van der Waals surface area contributed by atoms with Crippen LogP contribution in [0.1, 0.15) is 31.2 Å². The number of para-hydroxylation sites is 2. The maximum absolute atomic E-state index is 12.6. The van der Waals surface area contributed by atoms with Crippen LogP contribution >= 0.6 is 11.6 Å². The molecule has 5 heteroatoms. The molecule has 0 atom stereocenters. The third-order valence-electron chi connectivity index (χ3n) is 5.09. The Morgan fingerprint density at radius 3 is 2.64 bits per heavy atom. The fraction of sp³-hybridized carbons (Fsp3) is 0.300. The van der Waals surface area contributed by atoms with Gasteiger partial charge in [0.25, 0.3) is 0 Å². The van der Waals surface area contributed by atoms with Gasteiger partial charge in [0.15, 0.2) is 0 Å². The molecule has 1 fully saturated rings. The molecular formula is C20H20ClN3O. The molecule has 1 saturated carbocycles. The van der Waals surface area contributed by atoms with Crippen LogP contribution in [-0.2, 0) is 16.9 Å². The molecule has 0 bridgehead atoms. The van der Waals surface area contributed by atoms with Gasteiger partial charge in [-0.1, -0.05) is 35.9 Å². The van der Waals surface area contributed by atoms with Crippen LogP contribution in [0.25, 0.3) is 11.0 Å². The van der Waals surface area contributed by atoms with Crippen molar-refractivity contribution in [3.8, 4) is 0 Å². The number of carbonyl (C=O) groups excluding carboxylic acids is 1. The number of amides is 1. The lowest BCUT2D eigenvalue weighted by Gasteiger charge is -2.43. The van der Waals surface area contributed by atoms with E-state index in [1.807, 2.05) is 53.1 Å². The fourth-order valence-corrected chi connectivity index (χ4v) is 3.65. The van der Waals surface area contributed by atoms with Gasteiger partial charge in [-0.25, -0.2) is 4.98 Å². The SMILES string of the molecule is O=C(CCn1cnc2ccccc21)NC1(c2ccc(Cl)cc2)CCC1. The summed E-state index contributed by atoms with van der Waals surface area (Å²) in [5.41, 5.74) is 2.94. The Hall–Kier alpha value is -2.33. The zero-order chi connectivity index (χ0) is 17.3. The molecule has 1 aliphatic rings. The Morgan fingerprint density at radius 2 is 1.92 bits per heavy atom. The quantitative estimate of drug-likeness (QED) is 0.744. The van der Waals surface area contributed by atoms with E-state index in [4.69, 9.17) is 11.6 Å². The van der Waals surface area contributed by atoms with Crippen molar-refractivity contribution in [2.45, 2.75) is 37.8 Å². The predicted octanol–water partition coefficient (Wildman–Crippen LogP) is 4.28. The van der Waals surface area contributed by atoms with Crippen LogP contribution in [0.5, 0.6) is 0 Å². The number of hydrogen-bond acceptors (Lipinski definition) is 2. The first-order valence-electron chi connectivity index (χ1n) is 8.63. The minimum absolute atomic E-state index is 0.0763. The Bertz CT molecular complexity index is 897. The molecule has 0 spiro atoms. The maximum Gasteiger partial charge on any atom is 0.222 e. The first-order chi connectivity index (χ1) is 12.2. The number of hydrogen-bond donors (Lipinski definition) is 1. The molecule has 3 aromatic rings. The third-order valence-corrected chi connectivity index (χ3v) is 5.34. The van der Waals surface area contributed by atoms with E-state index in [2.05, 4.69) is 10.3 Å². The van der Waals surface area contributed by atoms with E-state index >= 15 is 0 Å². The highest BCUT2D eigenvalue weighted by atomic mass is 35.5. The Kier molecular flexibility index (Phi) is 4.22. The van der Waals surface area contributed by atoms with Crippen molar-refractivity contribution in [2.24, 2.45) is 0 Å². The standard InChI is InChI=1S/C20H20ClN3O/c21-16-8-6-15(7-9-16)20(11-3-12-20)23-19(25)10-13-24-14-22-17-4-1-2-5-18(17)24/h1-2,4-9,14H,3,10-13H2,(H,23,25). The molecule has 0 radical (unpaired) electrons. The smallest absolute Gasteiger partial charge is 0.222 e. The van der Waals surface area contributed by atoms with Gasteiger partial charge < -0.3 is 9.88 Å². The van der Waals surface area contributed by atoms with E-state index < -0.39 is 0 Å². The van der Waals surface area contributed by atoms with Gasteiger partial charge in [0.05, 0.1) is 22.9 Å². The van der Waals surface area contributed by atoms with E-state index in [-0.39, 0.29) is 11.4 Å². The van der Waals surface area contributed by atoms with Gasteiger partial charge in [-0.15, -0.1) is 0 Å². The van der Waals surface area contributed by atoms with E-state index in [1.54, 1.807) is 6.33 Å². The third kappa shape index (κ3) is 3.14. The monoisotopic (exact) mass is 353 g/mol. The minimum atomic E-state index is -0.224. The average Bonchev–Trinajstić information content (AvgIpc) is 3.00. The summed E-state index contributed by atoms with van der Waals surface area (Å²) < 4.78 is 2.03. The van der Waals surface area contributed by atoms with E-state index in [1.165, 1.54) is 0 Å². The molecule has 2 aromatic carbocycles. The molecule has 4 nitrogen and oxygen atoms in total. The van der Waals surface area contributed by atoms with Crippen LogP contribution in [0.2, 0.25) is 5.02 Å². The van der Waals surface area contributed by atoms with Gasteiger partial charge in [-0.05, 0) is 49.1 Å². The average molecular weight is 354 g/mol. The number of carbonyl (C=O) groups is 1. The molecule has 1 heterocycles. The maximum atomic E-state index is 12.6. The van der Waals surface area contributed by atoms with Crippen LogP contribution < -0.4 is 5.32 Å². The first kappa shape index (κ1) is 16.2. The van der Waals surface area contributed by atoms with Gasteiger partial charge >= 0.3 is 0 Å². The second kappa shape index (κ2) is 6.52. The molecule has 128 valence electrons. The first-order valence-corrected chi connectivity index (χ1v) is 9.01. The van der Waals surface area contributed by atoms with Crippen molar-refractivity contribution in [1.29, 1.82) is 0 Å². The molecule has 1 N–H and O–H groups in total. The highest BCUT2D eigenvalue weighted by molar-refractivity contribution is 6.30. The van der Waals surface area contributed by atoms with E-state index in [0.29, 0.717) is 13.0 Å². The van der Waals surface area contributed by atoms with Gasteiger partial charge in [-0.3, -0.25) is 4.79 Å². The zero-order valence-corrected chi connectivity index (χ0v) is 14.7. The molecule has 0 saturated heterocycles. The zero-order valence-electron chi connectivity index (χ0n) is 13.9. The largest absolute Gasteiger partial charge is 0.347 e. The van der Waals surface area contributed by atoms with E-state index in [0.717, 1.165) is 40.9 Å². The Labute approximate surface area is 151 Å². The summed E-state index contributed by atoms with van der Waals surface area (Å²) in [4.78, 5) is 16.9. The summed E-state index contributed by atoms with van der Waals surface area (Å²) in [6, 6.07) is 15.8. The predicted molar refractivity (Wildman–Crippen MR) is 99.5 cm³/mol. The Balaban J connectivity index is 1.43. The lowest BCUT2D eigenvalue weighted by atomic mass is 9.71. The number of nitrogens with zero attached hydrogens (tertiary/aromatic N) is 2. The van der Waals surface area contributed by atoms with Crippen molar-refractivity contribution in [1.82, 2.24) is 14.9 Å². The molecule has 4 rings (SSSR count). The van der Waals surface area contributed by atoms with Crippen LogP contribution in [0.4, 0.5) is 0 Å². The lowest BCUT2D eigenvalue weighted by Crippen LogP contribution is -2.50. The summed E-state index contributed by atoms with van der Waals surface area (Å²) in [6.07, 6.45) is 5.34. The van der Waals surface area contributed by atoms with Crippen LogP contribution in [-0.4, -0.2) is 15.5 Å². The van der Waals surface area contributed by atoms with Crippen molar-refractivity contribution in [2.75, 3.05) is 0 Å². The number of imidazole rings is 1. The lowest BCUT2D eigenvalue weighted by molar-refractivity contribution is -0.124. The summed E-state index contributed by atoms with van der Waals surface area (Å²) >= 11 is 5.99. The van der Waals surface area contributed by atoms with Crippen LogP contribution in [0, 0.1) is 0 Å². The Morgan fingerprint density at radius 1 is 1.16 bits per heavy atom. The summed E-state index contributed by atoms with van der Waals surface area (Å²) in [7, 11) is 0. The minimum Gasteiger partial charge on any atom is -0.347 e. The number of benzene rings is 2. The highest BCUT2D eigenvalue weighted by Gasteiger charge is 2.39. The molecule has 1 aliphatic carbocycles. The van der Waals surface area contributed by atoms with Crippen molar-refractivity contribution >= 4 is 28.5 Å². The second-order valence-corrected chi connectivity index (χ2v) is 7.10. The second-order valence-electron chi connectivity index (χ2n) is 6.67. The molecule has 1 aromatic heterocycles. The van der Waals surface area contributed by atoms with Gasteiger partial charge in [0.2, 0.25) is 5.91 Å². The topological polar surface area (TPSA) is 46.9 Å². The summed E-state index contributed by atoms with van der Waals surface area (Å²) in [5.74, 6) is 0.0763. The summed E-state index contributed by atoms with van der Waals surface area (Å²) in [6.45, 7) is 0.628. The van der Waals surface area contributed by atoms with Crippen LogP contribution in [0.15, 0.2) is 54.9 Å². The highest BCUT2D eigenvalue weighted by Crippen LogP contribution is 2.41. The van der Waals surface area contributed by atoms with E-state index in [9.17, 15) is 4.79 Å². The molecule has 0 aliphatic heterocycles. The molecule has 0 unspecified atom stereocenters. The number of nitrogens with one attached hydrogen (secondary N) is 1. The molecule has 1 amide bonds. The summed E-state index contributed by atoms with van der Waals surface area (Å²) in [5, 5.41) is 3.98. The van der Waals surface area contributed by atoms with Gasteiger partial charge in [0.1, 0.15) is 0 Å². The number of fused-ring (bicyclic) bond motifs is 1. The van der Waals surface area contributed by atoms with Gasteiger partial charge in [-0.2, -0.15) is 0 Å². The van der Waals surface area contributed by atoms with Gasteiger partial charge in [0, 0.05) is 18.0 Å². The van der Waals surface area contributed by atoms with Crippen molar-refractivity contribution in [3.63, 3.8) is 0 Å². The number of rotatable bonds is 5.